The normalized spacial score (nSPS) is 22.7. The zero-order valence-electron chi connectivity index (χ0n) is 23.5. The van der Waals surface area contributed by atoms with E-state index >= 15 is 0 Å². The van der Waals surface area contributed by atoms with Gasteiger partial charge in [0.2, 0.25) is 0 Å². The van der Waals surface area contributed by atoms with Crippen molar-refractivity contribution in [2.45, 2.75) is 58.3 Å². The number of rotatable bonds is 3. The average molecular weight is 539 g/mol. The van der Waals surface area contributed by atoms with Gasteiger partial charge in [-0.1, -0.05) is 32.6 Å². The van der Waals surface area contributed by atoms with Gasteiger partial charge in [-0.25, -0.2) is 0 Å². The van der Waals surface area contributed by atoms with Crippen LogP contribution in [0.4, 0.5) is 0 Å². The van der Waals surface area contributed by atoms with Crippen LogP contribution in [0.1, 0.15) is 124 Å². The van der Waals surface area contributed by atoms with Crippen LogP contribution >= 0.6 is 0 Å². The summed E-state index contributed by atoms with van der Waals surface area (Å²) < 4.78 is 0. The van der Waals surface area contributed by atoms with Gasteiger partial charge < -0.3 is 0 Å². The topological polar surface area (TPSA) is 68.3 Å². The quantitative estimate of drug-likeness (QED) is 0.327. The van der Waals surface area contributed by atoms with E-state index in [9.17, 15) is 19.2 Å². The monoisotopic (exact) mass is 538 g/mol. The first-order valence-corrected chi connectivity index (χ1v) is 14.4. The number of fused-ring (bicyclic) bond motifs is 3. The van der Waals surface area contributed by atoms with E-state index in [2.05, 4.69) is 19.6 Å². The molecule has 4 nitrogen and oxygen atoms in total. The molecule has 0 saturated heterocycles. The number of allylic oxidation sites excluding steroid dienone is 5. The van der Waals surface area contributed by atoms with Crippen molar-refractivity contribution in [2.24, 2.45) is 0 Å². The number of ketones is 3. The second-order valence-electron chi connectivity index (χ2n) is 11.8. The summed E-state index contributed by atoms with van der Waals surface area (Å²) in [4.78, 5) is 54.9. The van der Waals surface area contributed by atoms with Crippen LogP contribution in [0.15, 0.2) is 71.8 Å². The number of carbonyl (C=O) groups excluding carboxylic acids is 4. The van der Waals surface area contributed by atoms with E-state index in [1.54, 1.807) is 6.08 Å². The van der Waals surface area contributed by atoms with Gasteiger partial charge in [0.25, 0.3) is 0 Å². The number of aldehydes is 1. The lowest BCUT2D eigenvalue weighted by Gasteiger charge is -2.31. The standard InChI is InChI=1S/C37H30O4/c1-5-24-18(3)10-32-26-8-7-20-12-31(23(17-38)15-29(20)24)36(40)27-13-21-11-22-14-33(35(26)39)34(37(32)41)16-30(22)25(6-2)28(21)9-19(27)4/h8-10,12-17,24-25H,3,5-7,11H2,1-2,4H3/b26-8+,32-10+. The number of Topliss-reactive ketones (excluding diaryl/α,β-unsaturated/α-hetero) is 2. The highest BCUT2D eigenvalue weighted by molar-refractivity contribution is 6.31. The van der Waals surface area contributed by atoms with Gasteiger partial charge >= 0.3 is 0 Å². The van der Waals surface area contributed by atoms with Gasteiger partial charge in [-0.15, -0.1) is 0 Å². The van der Waals surface area contributed by atoms with E-state index in [1.807, 2.05) is 50.3 Å². The van der Waals surface area contributed by atoms with Crippen molar-refractivity contribution in [2.75, 3.05) is 0 Å². The van der Waals surface area contributed by atoms with E-state index in [-0.39, 0.29) is 29.2 Å². The van der Waals surface area contributed by atoms with Crippen LogP contribution < -0.4 is 0 Å². The lowest BCUT2D eigenvalue weighted by Crippen LogP contribution is -2.25. The zero-order chi connectivity index (χ0) is 28.7. The van der Waals surface area contributed by atoms with Crippen molar-refractivity contribution < 1.29 is 19.2 Å². The molecule has 202 valence electrons. The Bertz CT molecular complexity index is 1860. The molecule has 2 unspecified atom stereocenters. The molecule has 0 aromatic heterocycles. The molecule has 3 aromatic rings. The van der Waals surface area contributed by atoms with Gasteiger partial charge in [0.15, 0.2) is 23.6 Å². The van der Waals surface area contributed by atoms with Gasteiger partial charge in [0.1, 0.15) is 0 Å². The zero-order valence-corrected chi connectivity index (χ0v) is 23.5. The molecule has 0 N–H and O–H groups in total. The highest BCUT2D eigenvalue weighted by Crippen LogP contribution is 2.44. The predicted octanol–water partition coefficient (Wildman–Crippen LogP) is 7.34. The fourth-order valence-corrected chi connectivity index (χ4v) is 7.50. The van der Waals surface area contributed by atoms with Crippen LogP contribution in [-0.2, 0) is 12.8 Å². The molecule has 0 amide bonds. The number of aryl methyl sites for hydroxylation is 1. The molecule has 2 atom stereocenters. The smallest absolute Gasteiger partial charge is 0.194 e. The molecule has 4 aliphatic carbocycles. The molecular weight excluding hydrogens is 508 g/mol. The van der Waals surface area contributed by atoms with E-state index in [1.165, 1.54) is 0 Å². The Labute approximate surface area is 239 Å². The molecule has 7 rings (SSSR count). The SMILES string of the molecule is C=C1/C=C2/C(=O)c3cc4c5cc3C(=O)/C2=C/Cc2cc(c(C=O)cc2C1CC)C(=O)c1cc(c(cc1C)C4CC)C5. The van der Waals surface area contributed by atoms with Crippen LogP contribution in [0.3, 0.4) is 0 Å². The molecule has 0 heterocycles. The first-order valence-electron chi connectivity index (χ1n) is 14.4. The maximum Gasteiger partial charge on any atom is 0.194 e. The lowest BCUT2D eigenvalue weighted by atomic mass is 9.71. The Kier molecular flexibility index (Phi) is 5.62. The van der Waals surface area contributed by atoms with E-state index in [4.69, 9.17) is 0 Å². The van der Waals surface area contributed by atoms with Crippen molar-refractivity contribution in [3.63, 3.8) is 0 Å². The minimum Gasteiger partial charge on any atom is -0.298 e. The van der Waals surface area contributed by atoms with Gasteiger partial charge in [-0.2, -0.15) is 0 Å². The molecule has 41 heavy (non-hydrogen) atoms. The summed E-state index contributed by atoms with van der Waals surface area (Å²) in [5.41, 5.74) is 10.6. The molecular formula is C37H30O4. The van der Waals surface area contributed by atoms with Crippen molar-refractivity contribution in [3.05, 3.63) is 139 Å². The molecule has 0 aliphatic heterocycles. The van der Waals surface area contributed by atoms with E-state index in [0.717, 1.165) is 51.7 Å². The Hall–Kier alpha value is -4.44. The molecule has 0 radical (unpaired) electrons. The lowest BCUT2D eigenvalue weighted by molar-refractivity contribution is 0.0972. The minimum atomic E-state index is -0.176. The number of hydrogen-bond acceptors (Lipinski definition) is 4. The third-order valence-electron chi connectivity index (χ3n) is 9.59. The highest BCUT2D eigenvalue weighted by atomic mass is 16.1. The van der Waals surface area contributed by atoms with Crippen LogP contribution in [0.5, 0.6) is 0 Å². The van der Waals surface area contributed by atoms with E-state index in [0.29, 0.717) is 63.8 Å². The second-order valence-corrected chi connectivity index (χ2v) is 11.8. The van der Waals surface area contributed by atoms with Crippen LogP contribution in [0, 0.1) is 6.92 Å². The highest BCUT2D eigenvalue weighted by Gasteiger charge is 2.37. The van der Waals surface area contributed by atoms with Gasteiger partial charge in [-0.3, -0.25) is 19.2 Å². The molecule has 0 spiro atoms. The van der Waals surface area contributed by atoms with Crippen LogP contribution in [-0.4, -0.2) is 23.6 Å². The summed E-state index contributed by atoms with van der Waals surface area (Å²) in [5, 5.41) is 0. The van der Waals surface area contributed by atoms with Gasteiger partial charge in [-0.05, 0) is 114 Å². The first kappa shape index (κ1) is 25.5. The first-order chi connectivity index (χ1) is 19.7. The van der Waals surface area contributed by atoms with Crippen LogP contribution in [0.25, 0.3) is 0 Å². The fourth-order valence-electron chi connectivity index (χ4n) is 7.50. The molecule has 0 fully saturated rings. The van der Waals surface area contributed by atoms with Crippen molar-refractivity contribution in [3.8, 4) is 0 Å². The maximum atomic E-state index is 14.2. The largest absolute Gasteiger partial charge is 0.298 e. The van der Waals surface area contributed by atoms with Gasteiger partial charge in [0.05, 0.1) is 0 Å². The number of hydrogen-bond donors (Lipinski definition) is 0. The van der Waals surface area contributed by atoms with Gasteiger partial charge in [0, 0.05) is 50.8 Å². The molecule has 4 heteroatoms. The Morgan fingerprint density at radius 3 is 2.05 bits per heavy atom. The van der Waals surface area contributed by atoms with Crippen LogP contribution in [0.2, 0.25) is 0 Å². The fraction of sp³-hybridized carbons (Fsp3) is 0.243. The Morgan fingerprint density at radius 2 is 1.34 bits per heavy atom. The average Bonchev–Trinajstić information content (AvgIpc) is 3.02. The summed E-state index contributed by atoms with van der Waals surface area (Å²) in [6.07, 6.45) is 6.78. The van der Waals surface area contributed by atoms with Crippen molar-refractivity contribution in [1.82, 2.24) is 0 Å². The summed E-state index contributed by atoms with van der Waals surface area (Å²) in [6.45, 7) is 10.5. The van der Waals surface area contributed by atoms with Crippen molar-refractivity contribution >= 4 is 23.6 Å². The predicted molar refractivity (Wildman–Crippen MR) is 159 cm³/mol. The van der Waals surface area contributed by atoms with E-state index < -0.39 is 0 Å². The minimum absolute atomic E-state index is 0.0413. The Morgan fingerprint density at radius 1 is 0.732 bits per heavy atom. The molecule has 3 aromatic carbocycles. The third-order valence-corrected chi connectivity index (χ3v) is 9.59. The summed E-state index contributed by atoms with van der Waals surface area (Å²) in [6, 6.07) is 11.6. The van der Waals surface area contributed by atoms with Crippen molar-refractivity contribution in [1.29, 1.82) is 0 Å². The molecule has 4 aliphatic rings. The third kappa shape index (κ3) is 3.53. The number of benzene rings is 3. The molecule has 0 saturated carbocycles. The number of carbonyl (C=O) groups is 4. The maximum absolute atomic E-state index is 14.2. The summed E-state index contributed by atoms with van der Waals surface area (Å²) >= 11 is 0. The second kappa shape index (κ2) is 9.04. The Balaban J connectivity index is 1.64. The summed E-state index contributed by atoms with van der Waals surface area (Å²) in [5.74, 6) is -0.622. The summed E-state index contributed by atoms with van der Waals surface area (Å²) in [7, 11) is 0. The molecule has 7 bridgehead atoms.